The van der Waals surface area contributed by atoms with E-state index in [0.717, 1.165) is 0 Å². The van der Waals surface area contributed by atoms with Gasteiger partial charge in [0, 0.05) is 16.1 Å². The number of anilines is 1. The third kappa shape index (κ3) is 2.30. The van der Waals surface area contributed by atoms with E-state index in [4.69, 9.17) is 11.6 Å². The lowest BCUT2D eigenvalue weighted by Gasteiger charge is -2.17. The molecule has 2 aromatic rings. The van der Waals surface area contributed by atoms with Crippen LogP contribution in [0.1, 0.15) is 35.6 Å². The van der Waals surface area contributed by atoms with Crippen LogP contribution >= 0.6 is 11.6 Å². The van der Waals surface area contributed by atoms with Crippen molar-refractivity contribution >= 4 is 23.2 Å². The highest BCUT2D eigenvalue weighted by Gasteiger charge is 2.31. The largest absolute Gasteiger partial charge is 0.384 e. The predicted molar refractivity (Wildman–Crippen MR) is 79.0 cm³/mol. The van der Waals surface area contributed by atoms with Gasteiger partial charge in [-0.3, -0.25) is 4.79 Å². The summed E-state index contributed by atoms with van der Waals surface area (Å²) in [6.07, 6.45) is -1.10. The monoisotopic (exact) mass is 305 g/mol. The topological polar surface area (TPSA) is 49.3 Å². The van der Waals surface area contributed by atoms with Crippen LogP contribution < -0.4 is 5.32 Å². The number of carbonyl (C=O) groups excluding carboxylic acids is 1. The van der Waals surface area contributed by atoms with Crippen LogP contribution in [0.4, 0.5) is 10.1 Å². The molecule has 2 atom stereocenters. The SMILES string of the molecule is CC1C(=O)Nc2c1cc(F)cc2C(O)c1ccccc1Cl. The molecule has 0 fully saturated rings. The molecule has 0 bridgehead atoms. The van der Waals surface area contributed by atoms with Crippen molar-refractivity contribution in [1.29, 1.82) is 0 Å². The van der Waals surface area contributed by atoms with Crippen molar-refractivity contribution in [2.45, 2.75) is 18.9 Å². The molecule has 108 valence electrons. The number of nitrogens with one attached hydrogen (secondary N) is 1. The van der Waals surface area contributed by atoms with Crippen molar-refractivity contribution in [2.75, 3.05) is 5.32 Å². The number of hydrogen-bond acceptors (Lipinski definition) is 2. The fourth-order valence-corrected chi connectivity index (χ4v) is 2.83. The van der Waals surface area contributed by atoms with E-state index in [1.165, 1.54) is 12.1 Å². The second-order valence-electron chi connectivity index (χ2n) is 5.09. The summed E-state index contributed by atoms with van der Waals surface area (Å²) in [5.74, 6) is -1.13. The maximum absolute atomic E-state index is 13.8. The lowest BCUT2D eigenvalue weighted by molar-refractivity contribution is -0.116. The summed E-state index contributed by atoms with van der Waals surface area (Å²) in [6, 6.07) is 9.36. The summed E-state index contributed by atoms with van der Waals surface area (Å²) in [6.45, 7) is 1.70. The van der Waals surface area contributed by atoms with Gasteiger partial charge in [-0.25, -0.2) is 4.39 Å². The molecule has 1 heterocycles. The number of rotatable bonds is 2. The normalized spacial score (nSPS) is 18.3. The minimum absolute atomic E-state index is 0.205. The fraction of sp³-hybridized carbons (Fsp3) is 0.188. The van der Waals surface area contributed by atoms with Crippen LogP contribution in [-0.4, -0.2) is 11.0 Å². The number of fused-ring (bicyclic) bond motifs is 1. The van der Waals surface area contributed by atoms with E-state index in [1.807, 2.05) is 0 Å². The van der Waals surface area contributed by atoms with Gasteiger partial charge in [0.25, 0.3) is 0 Å². The van der Waals surface area contributed by atoms with E-state index < -0.39 is 17.8 Å². The van der Waals surface area contributed by atoms with Crippen molar-refractivity contribution in [2.24, 2.45) is 0 Å². The van der Waals surface area contributed by atoms with Crippen LogP contribution in [0.2, 0.25) is 5.02 Å². The third-order valence-corrected chi connectivity index (χ3v) is 4.11. The van der Waals surface area contributed by atoms with Crippen molar-refractivity contribution in [3.05, 3.63) is 63.9 Å². The summed E-state index contributed by atoms with van der Waals surface area (Å²) < 4.78 is 13.8. The second-order valence-corrected chi connectivity index (χ2v) is 5.50. The molecule has 5 heteroatoms. The quantitative estimate of drug-likeness (QED) is 0.890. The molecule has 0 aromatic heterocycles. The fourth-order valence-electron chi connectivity index (χ4n) is 2.59. The molecule has 0 saturated carbocycles. The van der Waals surface area contributed by atoms with Crippen LogP contribution in [0, 0.1) is 5.82 Å². The number of aliphatic hydroxyl groups is 1. The molecular formula is C16H13ClFNO2. The van der Waals surface area contributed by atoms with E-state index in [9.17, 15) is 14.3 Å². The summed E-state index contributed by atoms with van der Waals surface area (Å²) in [5.41, 5.74) is 1.82. The molecule has 3 rings (SSSR count). The van der Waals surface area contributed by atoms with Gasteiger partial charge in [-0.1, -0.05) is 29.8 Å². The van der Waals surface area contributed by atoms with Crippen LogP contribution in [0.3, 0.4) is 0 Å². The number of amides is 1. The minimum atomic E-state index is -1.10. The summed E-state index contributed by atoms with van der Waals surface area (Å²) in [7, 11) is 0. The average molecular weight is 306 g/mol. The number of benzene rings is 2. The molecule has 21 heavy (non-hydrogen) atoms. The Morgan fingerprint density at radius 3 is 2.71 bits per heavy atom. The second kappa shape index (κ2) is 5.13. The molecule has 1 aliphatic rings. The van der Waals surface area contributed by atoms with E-state index >= 15 is 0 Å². The van der Waals surface area contributed by atoms with Gasteiger partial charge in [-0.05, 0) is 30.7 Å². The molecule has 2 unspecified atom stereocenters. The Labute approximate surface area is 126 Å². The van der Waals surface area contributed by atoms with E-state index in [-0.39, 0.29) is 5.91 Å². The number of halogens is 2. The smallest absolute Gasteiger partial charge is 0.231 e. The summed E-state index contributed by atoms with van der Waals surface area (Å²) >= 11 is 6.08. The molecule has 1 aliphatic heterocycles. The van der Waals surface area contributed by atoms with Gasteiger partial charge in [0.2, 0.25) is 5.91 Å². The molecule has 2 N–H and O–H groups in total. The van der Waals surface area contributed by atoms with Gasteiger partial charge in [0.1, 0.15) is 11.9 Å². The Balaban J connectivity index is 2.14. The van der Waals surface area contributed by atoms with E-state index in [1.54, 1.807) is 31.2 Å². The molecule has 0 aliphatic carbocycles. The van der Waals surface area contributed by atoms with Gasteiger partial charge >= 0.3 is 0 Å². The first-order chi connectivity index (χ1) is 9.99. The van der Waals surface area contributed by atoms with Gasteiger partial charge in [0.05, 0.1) is 11.6 Å². The predicted octanol–water partition coefficient (Wildman–Crippen LogP) is 3.62. The van der Waals surface area contributed by atoms with Crippen molar-refractivity contribution in [3.63, 3.8) is 0 Å². The van der Waals surface area contributed by atoms with Gasteiger partial charge in [-0.15, -0.1) is 0 Å². The average Bonchev–Trinajstić information content (AvgIpc) is 2.74. The zero-order valence-electron chi connectivity index (χ0n) is 11.2. The molecule has 3 nitrogen and oxygen atoms in total. The molecule has 0 radical (unpaired) electrons. The number of hydrogen-bond donors (Lipinski definition) is 2. The number of aliphatic hydroxyl groups excluding tert-OH is 1. The Morgan fingerprint density at radius 2 is 2.00 bits per heavy atom. The van der Waals surface area contributed by atoms with Crippen LogP contribution in [-0.2, 0) is 4.79 Å². The van der Waals surface area contributed by atoms with Crippen LogP contribution in [0.15, 0.2) is 36.4 Å². The highest BCUT2D eigenvalue weighted by molar-refractivity contribution is 6.31. The maximum Gasteiger partial charge on any atom is 0.231 e. The van der Waals surface area contributed by atoms with E-state index in [2.05, 4.69) is 5.32 Å². The van der Waals surface area contributed by atoms with E-state index in [0.29, 0.717) is 27.4 Å². The maximum atomic E-state index is 13.8. The van der Waals surface area contributed by atoms with Gasteiger partial charge in [-0.2, -0.15) is 0 Å². The Bertz CT molecular complexity index is 732. The molecule has 0 spiro atoms. The van der Waals surface area contributed by atoms with Crippen LogP contribution in [0.25, 0.3) is 0 Å². The minimum Gasteiger partial charge on any atom is -0.384 e. The van der Waals surface area contributed by atoms with Crippen LogP contribution in [0.5, 0.6) is 0 Å². The zero-order chi connectivity index (χ0) is 15.1. The standard InChI is InChI=1S/C16H13ClFNO2/c1-8-11-6-9(18)7-12(14(11)19-16(8)21)15(20)10-4-2-3-5-13(10)17/h2-8,15,20H,1H3,(H,19,21). The first-order valence-corrected chi connectivity index (χ1v) is 6.93. The highest BCUT2D eigenvalue weighted by atomic mass is 35.5. The zero-order valence-corrected chi connectivity index (χ0v) is 12.0. The summed E-state index contributed by atoms with van der Waals surface area (Å²) in [4.78, 5) is 11.8. The summed E-state index contributed by atoms with van der Waals surface area (Å²) in [5, 5.41) is 13.6. The first-order valence-electron chi connectivity index (χ1n) is 6.55. The third-order valence-electron chi connectivity index (χ3n) is 3.77. The Morgan fingerprint density at radius 1 is 1.29 bits per heavy atom. The lowest BCUT2D eigenvalue weighted by atomic mass is 9.94. The first kappa shape index (κ1) is 14.0. The lowest BCUT2D eigenvalue weighted by Crippen LogP contribution is -2.10. The van der Waals surface area contributed by atoms with Crippen molar-refractivity contribution in [3.8, 4) is 0 Å². The Hall–Kier alpha value is -1.91. The van der Waals surface area contributed by atoms with Gasteiger partial charge in [0.15, 0.2) is 0 Å². The van der Waals surface area contributed by atoms with Crippen molar-refractivity contribution < 1.29 is 14.3 Å². The highest BCUT2D eigenvalue weighted by Crippen LogP contribution is 2.40. The van der Waals surface area contributed by atoms with Gasteiger partial charge < -0.3 is 10.4 Å². The molecule has 1 amide bonds. The Kier molecular flexibility index (Phi) is 3.43. The van der Waals surface area contributed by atoms with Crippen molar-refractivity contribution in [1.82, 2.24) is 0 Å². The number of carbonyl (C=O) groups is 1. The molecular weight excluding hydrogens is 293 g/mol. The molecule has 2 aromatic carbocycles. The molecule has 0 saturated heterocycles.